The fourth-order valence-electron chi connectivity index (χ4n) is 4.81. The summed E-state index contributed by atoms with van der Waals surface area (Å²) in [5, 5.41) is 5.51. The van der Waals surface area contributed by atoms with E-state index in [2.05, 4.69) is 16.6 Å². The van der Waals surface area contributed by atoms with Crippen LogP contribution in [-0.4, -0.2) is 58.1 Å². The maximum absolute atomic E-state index is 14.3. The lowest BCUT2D eigenvalue weighted by molar-refractivity contribution is -0.159. The van der Waals surface area contributed by atoms with Crippen molar-refractivity contribution in [2.24, 2.45) is 5.92 Å². The van der Waals surface area contributed by atoms with Crippen molar-refractivity contribution >= 4 is 23.9 Å². The van der Waals surface area contributed by atoms with Crippen molar-refractivity contribution in [3.63, 3.8) is 0 Å². The van der Waals surface area contributed by atoms with E-state index in [0.29, 0.717) is 17.5 Å². The lowest BCUT2D eigenvalue weighted by Gasteiger charge is -2.35. The molecule has 9 nitrogen and oxygen atoms in total. The summed E-state index contributed by atoms with van der Waals surface area (Å²) < 4.78 is 11.0. The van der Waals surface area contributed by atoms with E-state index in [4.69, 9.17) is 15.9 Å². The lowest BCUT2D eigenvalue weighted by atomic mass is 9.99. The molecule has 1 aliphatic carbocycles. The van der Waals surface area contributed by atoms with Gasteiger partial charge in [0.2, 0.25) is 11.8 Å². The Morgan fingerprint density at radius 3 is 2.00 bits per heavy atom. The van der Waals surface area contributed by atoms with E-state index in [1.165, 1.54) is 4.90 Å². The Labute approximate surface area is 261 Å². The van der Waals surface area contributed by atoms with E-state index in [9.17, 15) is 19.2 Å². The first-order valence-corrected chi connectivity index (χ1v) is 14.9. The zero-order chi connectivity index (χ0) is 32.8. The van der Waals surface area contributed by atoms with Crippen LogP contribution in [-0.2, 0) is 30.3 Å². The average molecular weight is 604 g/mol. The van der Waals surface area contributed by atoms with Gasteiger partial charge in [-0.2, -0.15) is 0 Å². The van der Waals surface area contributed by atoms with Gasteiger partial charge in [-0.3, -0.25) is 9.59 Å². The van der Waals surface area contributed by atoms with Gasteiger partial charge in [0, 0.05) is 18.0 Å². The third kappa shape index (κ3) is 9.87. The van der Waals surface area contributed by atoms with Crippen LogP contribution in [0.3, 0.4) is 0 Å². The first-order valence-electron chi connectivity index (χ1n) is 14.9. The molecule has 2 aromatic rings. The predicted molar refractivity (Wildman–Crippen MR) is 168 cm³/mol. The standard InChI is InChI=1S/C35H45N3O6/c1-10-24-16-18-26(19-17-24)29(38(28-20-22(28)2)31(40)23(3)36-33(42)44-35(7,8)9)30(39)37-27(32(41)43-34(4,5)6)21-25-14-12-11-13-15-25/h1,11-19,22-23,27-29H,20-21H2,2-9H3,(H,36,42)(H,37,39). The van der Waals surface area contributed by atoms with Crippen molar-refractivity contribution in [3.8, 4) is 12.3 Å². The molecule has 0 spiro atoms. The Balaban J connectivity index is 2.01. The van der Waals surface area contributed by atoms with Gasteiger partial charge in [0.15, 0.2) is 0 Å². The van der Waals surface area contributed by atoms with E-state index in [1.54, 1.807) is 72.7 Å². The fraction of sp³-hybridized carbons (Fsp3) is 0.486. The zero-order valence-corrected chi connectivity index (χ0v) is 27.0. The molecule has 1 saturated carbocycles. The summed E-state index contributed by atoms with van der Waals surface area (Å²) in [6.07, 6.45) is 5.70. The van der Waals surface area contributed by atoms with Crippen LogP contribution in [0.5, 0.6) is 0 Å². The molecule has 44 heavy (non-hydrogen) atoms. The number of rotatable bonds is 10. The highest BCUT2D eigenvalue weighted by Gasteiger charge is 2.48. The first-order chi connectivity index (χ1) is 20.5. The number of ether oxygens (including phenoxy) is 2. The molecule has 2 N–H and O–H groups in total. The van der Waals surface area contributed by atoms with Crippen LogP contribution in [0.2, 0.25) is 0 Å². The summed E-state index contributed by atoms with van der Waals surface area (Å²) in [6.45, 7) is 14.0. The Morgan fingerprint density at radius 1 is 0.932 bits per heavy atom. The second-order valence-corrected chi connectivity index (χ2v) is 13.3. The summed E-state index contributed by atoms with van der Waals surface area (Å²) in [7, 11) is 0. The van der Waals surface area contributed by atoms with Crippen LogP contribution < -0.4 is 10.6 Å². The van der Waals surface area contributed by atoms with Gasteiger partial charge in [-0.1, -0.05) is 55.3 Å². The van der Waals surface area contributed by atoms with Crippen molar-refractivity contribution in [3.05, 3.63) is 71.3 Å². The molecule has 0 radical (unpaired) electrons. The van der Waals surface area contributed by atoms with Gasteiger partial charge in [0.05, 0.1) is 0 Å². The minimum absolute atomic E-state index is 0.124. The zero-order valence-electron chi connectivity index (χ0n) is 27.0. The number of alkyl carbamates (subject to hydrolysis) is 1. The number of carbonyl (C=O) groups is 4. The number of benzene rings is 2. The molecule has 1 aliphatic rings. The van der Waals surface area contributed by atoms with Crippen LogP contribution in [0.1, 0.15) is 84.5 Å². The molecule has 0 aromatic heterocycles. The summed E-state index contributed by atoms with van der Waals surface area (Å²) in [4.78, 5) is 55.8. The molecule has 3 rings (SSSR count). The number of hydrogen-bond acceptors (Lipinski definition) is 6. The highest BCUT2D eigenvalue weighted by atomic mass is 16.6. The molecule has 236 valence electrons. The quantitative estimate of drug-likeness (QED) is 0.294. The largest absolute Gasteiger partial charge is 0.458 e. The molecule has 3 amide bonds. The molecular formula is C35H45N3O6. The van der Waals surface area contributed by atoms with Gasteiger partial charge >= 0.3 is 12.1 Å². The Morgan fingerprint density at radius 2 is 1.50 bits per heavy atom. The van der Waals surface area contributed by atoms with Gasteiger partial charge in [-0.05, 0) is 84.1 Å². The highest BCUT2D eigenvalue weighted by molar-refractivity contribution is 5.94. The summed E-state index contributed by atoms with van der Waals surface area (Å²) in [6, 6.07) is 12.7. The normalized spacial score (nSPS) is 18.1. The average Bonchev–Trinajstić information content (AvgIpc) is 3.64. The molecule has 0 saturated heterocycles. The van der Waals surface area contributed by atoms with E-state index in [1.807, 2.05) is 37.3 Å². The predicted octanol–water partition coefficient (Wildman–Crippen LogP) is 4.93. The first kappa shape index (κ1) is 34.2. The monoisotopic (exact) mass is 603 g/mol. The number of nitrogens with zero attached hydrogens (tertiary/aromatic N) is 1. The number of esters is 1. The summed E-state index contributed by atoms with van der Waals surface area (Å²) in [5.41, 5.74) is 0.420. The third-order valence-corrected chi connectivity index (χ3v) is 6.99. The Bertz CT molecular complexity index is 1370. The van der Waals surface area contributed by atoms with Crippen LogP contribution in [0.25, 0.3) is 0 Å². The number of terminal acetylenes is 1. The van der Waals surface area contributed by atoms with Crippen LogP contribution in [0, 0.1) is 18.3 Å². The van der Waals surface area contributed by atoms with Gasteiger partial charge in [-0.15, -0.1) is 6.42 Å². The summed E-state index contributed by atoms with van der Waals surface area (Å²) in [5.74, 6) is 1.09. The van der Waals surface area contributed by atoms with E-state index < -0.39 is 53.2 Å². The van der Waals surface area contributed by atoms with Gasteiger partial charge < -0.3 is 25.0 Å². The molecule has 5 atom stereocenters. The van der Waals surface area contributed by atoms with Crippen molar-refractivity contribution in [1.82, 2.24) is 15.5 Å². The van der Waals surface area contributed by atoms with Gasteiger partial charge in [0.1, 0.15) is 29.3 Å². The number of carbonyl (C=O) groups excluding carboxylic acids is 4. The van der Waals surface area contributed by atoms with Gasteiger partial charge in [-0.25, -0.2) is 9.59 Å². The SMILES string of the molecule is C#Cc1ccc(C(C(=O)NC(Cc2ccccc2)C(=O)OC(C)(C)C)N(C(=O)C(C)NC(=O)OC(C)(C)C)C2CC2C)cc1. The van der Waals surface area contributed by atoms with E-state index in [0.717, 1.165) is 5.56 Å². The minimum atomic E-state index is -1.12. The topological polar surface area (TPSA) is 114 Å². The van der Waals surface area contributed by atoms with Crippen molar-refractivity contribution < 1.29 is 28.7 Å². The second-order valence-electron chi connectivity index (χ2n) is 13.3. The third-order valence-electron chi connectivity index (χ3n) is 6.99. The van der Waals surface area contributed by atoms with Crippen LogP contribution >= 0.6 is 0 Å². The molecule has 1 fully saturated rings. The molecule has 5 unspecified atom stereocenters. The lowest BCUT2D eigenvalue weighted by Crippen LogP contribution is -2.55. The molecule has 9 heteroatoms. The van der Waals surface area contributed by atoms with Crippen molar-refractivity contribution in [2.45, 2.75) is 104 Å². The number of hydrogen-bond donors (Lipinski definition) is 2. The molecule has 0 heterocycles. The number of amides is 3. The van der Waals surface area contributed by atoms with E-state index >= 15 is 0 Å². The Hall–Kier alpha value is -4.32. The number of nitrogens with one attached hydrogen (secondary N) is 2. The maximum Gasteiger partial charge on any atom is 0.408 e. The Kier molecular flexibility index (Phi) is 10.9. The van der Waals surface area contributed by atoms with E-state index in [-0.39, 0.29) is 18.4 Å². The molecular weight excluding hydrogens is 558 g/mol. The molecule has 0 bridgehead atoms. The van der Waals surface area contributed by atoms with Crippen molar-refractivity contribution in [1.29, 1.82) is 0 Å². The summed E-state index contributed by atoms with van der Waals surface area (Å²) >= 11 is 0. The minimum Gasteiger partial charge on any atom is -0.458 e. The van der Waals surface area contributed by atoms with Crippen LogP contribution in [0.4, 0.5) is 4.79 Å². The van der Waals surface area contributed by atoms with Crippen molar-refractivity contribution in [2.75, 3.05) is 0 Å². The van der Waals surface area contributed by atoms with Crippen LogP contribution in [0.15, 0.2) is 54.6 Å². The maximum atomic E-state index is 14.3. The second kappa shape index (κ2) is 14.0. The van der Waals surface area contributed by atoms with Gasteiger partial charge in [0.25, 0.3) is 0 Å². The molecule has 2 aromatic carbocycles. The molecule has 0 aliphatic heterocycles. The fourth-order valence-corrected chi connectivity index (χ4v) is 4.81. The highest BCUT2D eigenvalue weighted by Crippen LogP contribution is 2.40. The smallest absolute Gasteiger partial charge is 0.408 e.